The van der Waals surface area contributed by atoms with Gasteiger partial charge in [-0.3, -0.25) is 29.5 Å². The zero-order valence-electron chi connectivity index (χ0n) is 19.3. The van der Waals surface area contributed by atoms with Crippen molar-refractivity contribution in [1.29, 1.82) is 0 Å². The fourth-order valence-electron chi connectivity index (χ4n) is 3.75. The van der Waals surface area contributed by atoms with Crippen molar-refractivity contribution in [2.45, 2.75) is 19.3 Å². The summed E-state index contributed by atoms with van der Waals surface area (Å²) in [6, 6.07) is 10.7. The molecule has 2 amide bonds. The molecule has 2 heterocycles. The number of aromatic amines is 1. The largest absolute Gasteiger partial charge is 0.495 e. The van der Waals surface area contributed by atoms with E-state index in [0.717, 1.165) is 0 Å². The normalized spacial score (nSPS) is 14.3. The predicted octanol–water partition coefficient (Wildman–Crippen LogP) is 2.89. The van der Waals surface area contributed by atoms with Gasteiger partial charge in [0, 0.05) is 12.5 Å². The molecule has 36 heavy (non-hydrogen) atoms. The molecular weight excluding hydrogens is 472 g/mol. The lowest BCUT2D eigenvalue weighted by atomic mass is 9.92. The molecule has 13 heteroatoms. The van der Waals surface area contributed by atoms with E-state index >= 15 is 0 Å². The highest BCUT2D eigenvalue weighted by atomic mass is 16.6. The Labute approximate surface area is 204 Å². The number of anilines is 4. The molecule has 4 N–H and O–H groups in total. The number of carbonyl (C=O) groups is 2. The Morgan fingerprint density at radius 2 is 1.97 bits per heavy atom. The molecule has 1 atom stereocenters. The monoisotopic (exact) mass is 494 g/mol. The lowest BCUT2D eigenvalue weighted by molar-refractivity contribution is -0.384. The molecule has 0 saturated carbocycles. The highest BCUT2D eigenvalue weighted by molar-refractivity contribution is 6.05. The van der Waals surface area contributed by atoms with Crippen LogP contribution in [-0.4, -0.2) is 40.4 Å². The zero-order chi connectivity index (χ0) is 25.8. The van der Waals surface area contributed by atoms with Crippen LogP contribution in [0.1, 0.15) is 24.8 Å². The minimum atomic E-state index is -1.16. The van der Waals surface area contributed by atoms with Gasteiger partial charge in [0.25, 0.3) is 11.2 Å². The molecule has 0 spiro atoms. The van der Waals surface area contributed by atoms with Gasteiger partial charge in [-0.2, -0.15) is 4.98 Å². The summed E-state index contributed by atoms with van der Waals surface area (Å²) in [5.74, 6) is -1.75. The highest BCUT2D eigenvalue weighted by Crippen LogP contribution is 2.34. The molecule has 2 aromatic carbocycles. The molecule has 1 aliphatic heterocycles. The SMILES string of the molecule is CCOc1cc([N+](=O)[O-])ccc1NC(=O)[C@H]1CC(=O)Nc2nc(Nc3ccccc3OC)[nH]c(=O)c21. The summed E-state index contributed by atoms with van der Waals surface area (Å²) in [4.78, 5) is 55.9. The summed E-state index contributed by atoms with van der Waals surface area (Å²) in [7, 11) is 1.49. The molecule has 13 nitrogen and oxygen atoms in total. The van der Waals surface area contributed by atoms with Crippen molar-refractivity contribution in [2.24, 2.45) is 0 Å². The van der Waals surface area contributed by atoms with Gasteiger partial charge in [-0.05, 0) is 25.1 Å². The Balaban J connectivity index is 1.64. The van der Waals surface area contributed by atoms with Crippen molar-refractivity contribution in [3.05, 3.63) is 68.5 Å². The predicted molar refractivity (Wildman–Crippen MR) is 130 cm³/mol. The molecule has 4 rings (SSSR count). The van der Waals surface area contributed by atoms with Crippen molar-refractivity contribution >= 4 is 40.6 Å². The Hall–Kier alpha value is -4.94. The number of aromatic nitrogens is 2. The van der Waals surface area contributed by atoms with E-state index in [0.29, 0.717) is 11.4 Å². The van der Waals surface area contributed by atoms with Crippen LogP contribution in [0.15, 0.2) is 47.3 Å². The third-order valence-electron chi connectivity index (χ3n) is 5.36. The van der Waals surface area contributed by atoms with Crippen molar-refractivity contribution in [2.75, 3.05) is 29.7 Å². The number of H-pyrrole nitrogens is 1. The molecule has 0 unspecified atom stereocenters. The average molecular weight is 494 g/mol. The van der Waals surface area contributed by atoms with Crippen molar-refractivity contribution in [1.82, 2.24) is 9.97 Å². The number of non-ortho nitro benzene ring substituents is 1. The number of hydrogen-bond acceptors (Lipinski definition) is 9. The molecule has 0 aliphatic carbocycles. The van der Waals surface area contributed by atoms with E-state index in [1.54, 1.807) is 31.2 Å². The van der Waals surface area contributed by atoms with Crippen molar-refractivity contribution in [3.8, 4) is 11.5 Å². The number of ether oxygens (including phenoxy) is 2. The van der Waals surface area contributed by atoms with Gasteiger partial charge in [-0.15, -0.1) is 0 Å². The number of methoxy groups -OCH3 is 1. The minimum absolute atomic E-state index is 0.0162. The number of amides is 2. The van der Waals surface area contributed by atoms with E-state index in [1.165, 1.54) is 25.3 Å². The Kier molecular flexibility index (Phi) is 6.81. The van der Waals surface area contributed by atoms with Gasteiger partial charge in [-0.25, -0.2) is 0 Å². The molecule has 1 aromatic heterocycles. The Bertz CT molecular complexity index is 1400. The van der Waals surface area contributed by atoms with Gasteiger partial charge in [0.2, 0.25) is 17.8 Å². The number of fused-ring (bicyclic) bond motifs is 1. The number of nitrogens with zero attached hydrogens (tertiary/aromatic N) is 2. The number of carbonyl (C=O) groups excluding carboxylic acids is 2. The van der Waals surface area contributed by atoms with Crippen LogP contribution in [-0.2, 0) is 9.59 Å². The standard InChI is InChI=1S/C23H22N6O7/c1-3-36-17-10-12(29(33)34)8-9-15(17)24-21(31)13-11-18(30)26-20-19(13)22(32)28-23(27-20)25-14-6-4-5-7-16(14)35-2/h4-10,13H,3,11H2,1-2H3,(H,24,31)(H3,25,26,27,28,30,32)/t13-/m0/s1. The first-order chi connectivity index (χ1) is 17.3. The summed E-state index contributed by atoms with van der Waals surface area (Å²) in [5, 5.41) is 19.2. The summed E-state index contributed by atoms with van der Waals surface area (Å²) in [5.41, 5.74) is -0.154. The first kappa shape index (κ1) is 24.2. The van der Waals surface area contributed by atoms with Crippen LogP contribution < -0.4 is 31.0 Å². The van der Waals surface area contributed by atoms with E-state index < -0.39 is 28.2 Å². The maximum Gasteiger partial charge on any atom is 0.273 e. The second-order valence-corrected chi connectivity index (χ2v) is 7.67. The lowest BCUT2D eigenvalue weighted by Crippen LogP contribution is -2.36. The second kappa shape index (κ2) is 10.1. The van der Waals surface area contributed by atoms with E-state index in [4.69, 9.17) is 9.47 Å². The fourth-order valence-corrected chi connectivity index (χ4v) is 3.75. The summed E-state index contributed by atoms with van der Waals surface area (Å²) in [6.07, 6.45) is -0.292. The van der Waals surface area contributed by atoms with Crippen LogP contribution in [0.4, 0.5) is 28.8 Å². The number of nitrogens with one attached hydrogen (secondary N) is 4. The van der Waals surface area contributed by atoms with Crippen LogP contribution >= 0.6 is 0 Å². The fraction of sp³-hybridized carbons (Fsp3) is 0.217. The lowest BCUT2D eigenvalue weighted by Gasteiger charge is -2.24. The average Bonchev–Trinajstić information content (AvgIpc) is 2.84. The minimum Gasteiger partial charge on any atom is -0.495 e. The number of rotatable bonds is 8. The van der Waals surface area contributed by atoms with Gasteiger partial charge < -0.3 is 25.4 Å². The Morgan fingerprint density at radius 1 is 1.19 bits per heavy atom. The second-order valence-electron chi connectivity index (χ2n) is 7.67. The maximum atomic E-state index is 13.2. The first-order valence-electron chi connectivity index (χ1n) is 10.9. The molecule has 0 saturated heterocycles. The quantitative estimate of drug-likeness (QED) is 0.271. The summed E-state index contributed by atoms with van der Waals surface area (Å²) >= 11 is 0. The van der Waals surface area contributed by atoms with Gasteiger partial charge in [0.05, 0.1) is 47.6 Å². The molecule has 1 aliphatic rings. The van der Waals surface area contributed by atoms with Crippen LogP contribution in [0, 0.1) is 10.1 Å². The van der Waals surface area contributed by atoms with Gasteiger partial charge in [-0.1, -0.05) is 12.1 Å². The number of hydrogen-bond donors (Lipinski definition) is 4. The van der Waals surface area contributed by atoms with Crippen LogP contribution in [0.25, 0.3) is 0 Å². The van der Waals surface area contributed by atoms with Gasteiger partial charge in [0.1, 0.15) is 17.3 Å². The number of nitro benzene ring substituents is 1. The van der Waals surface area contributed by atoms with Crippen LogP contribution in [0.2, 0.25) is 0 Å². The topological polar surface area (TPSA) is 178 Å². The number of benzene rings is 2. The summed E-state index contributed by atoms with van der Waals surface area (Å²) < 4.78 is 10.7. The molecule has 0 radical (unpaired) electrons. The van der Waals surface area contributed by atoms with Crippen molar-refractivity contribution < 1.29 is 24.0 Å². The smallest absolute Gasteiger partial charge is 0.273 e. The molecular formula is C23H22N6O7. The zero-order valence-corrected chi connectivity index (χ0v) is 19.3. The van der Waals surface area contributed by atoms with Crippen molar-refractivity contribution in [3.63, 3.8) is 0 Å². The first-order valence-corrected chi connectivity index (χ1v) is 10.9. The van der Waals surface area contributed by atoms with E-state index in [-0.39, 0.29) is 47.5 Å². The third-order valence-corrected chi connectivity index (χ3v) is 5.36. The number of nitro groups is 1. The molecule has 0 bridgehead atoms. The van der Waals surface area contributed by atoms with Crippen LogP contribution in [0.3, 0.4) is 0 Å². The Morgan fingerprint density at radius 3 is 2.69 bits per heavy atom. The van der Waals surface area contributed by atoms with E-state index in [9.17, 15) is 24.5 Å². The van der Waals surface area contributed by atoms with Gasteiger partial charge in [0.15, 0.2) is 0 Å². The molecule has 0 fully saturated rings. The third kappa shape index (κ3) is 4.94. The summed E-state index contributed by atoms with van der Waals surface area (Å²) in [6.45, 7) is 1.89. The van der Waals surface area contributed by atoms with Crippen LogP contribution in [0.5, 0.6) is 11.5 Å². The molecule has 3 aromatic rings. The number of para-hydroxylation sites is 2. The highest BCUT2D eigenvalue weighted by Gasteiger charge is 2.35. The van der Waals surface area contributed by atoms with E-state index in [2.05, 4.69) is 25.9 Å². The van der Waals surface area contributed by atoms with Gasteiger partial charge >= 0.3 is 0 Å². The maximum absolute atomic E-state index is 13.2. The van der Waals surface area contributed by atoms with E-state index in [1.807, 2.05) is 0 Å². The molecule has 186 valence electrons.